The van der Waals surface area contributed by atoms with Gasteiger partial charge in [-0.1, -0.05) is 44.2 Å². The van der Waals surface area contributed by atoms with Crippen LogP contribution < -0.4 is 5.32 Å². The summed E-state index contributed by atoms with van der Waals surface area (Å²) in [5.41, 5.74) is 2.23. The molecule has 0 saturated heterocycles. The predicted molar refractivity (Wildman–Crippen MR) is 68.8 cm³/mol. The topological polar surface area (TPSA) is 57.8 Å². The fourth-order valence-corrected chi connectivity index (χ4v) is 1.33. The zero-order valence-electron chi connectivity index (χ0n) is 10.3. The van der Waals surface area contributed by atoms with Crippen LogP contribution in [0.2, 0.25) is 0 Å². The lowest BCUT2D eigenvalue weighted by atomic mass is 10.1. The molecule has 0 aliphatic rings. The third-order valence-electron chi connectivity index (χ3n) is 2.12. The minimum atomic E-state index is -0.162. The van der Waals surface area contributed by atoms with Crippen molar-refractivity contribution in [2.24, 2.45) is 0 Å². The van der Waals surface area contributed by atoms with Crippen molar-refractivity contribution in [3.8, 4) is 11.3 Å². The van der Waals surface area contributed by atoms with E-state index >= 15 is 0 Å². The molecule has 0 fully saturated rings. The summed E-state index contributed by atoms with van der Waals surface area (Å²) in [6.07, 6.45) is 0. The molecule has 0 aliphatic carbocycles. The van der Waals surface area contributed by atoms with E-state index in [1.165, 1.54) is 0 Å². The molecule has 1 amide bonds. The van der Waals surface area contributed by atoms with Gasteiger partial charge in [-0.2, -0.15) is 5.10 Å². The number of nitrogens with zero attached hydrogens (tertiary/aromatic N) is 1. The zero-order chi connectivity index (χ0) is 12.7. The highest BCUT2D eigenvalue weighted by molar-refractivity contribution is 5.93. The average molecular weight is 231 g/mol. The Kier molecular flexibility index (Phi) is 4.94. The molecule has 0 unspecified atom stereocenters. The van der Waals surface area contributed by atoms with Crippen LogP contribution in [0.5, 0.6) is 0 Å². The maximum Gasteiger partial charge on any atom is 0.269 e. The summed E-state index contributed by atoms with van der Waals surface area (Å²) in [7, 11) is 1.59. The molecule has 1 aromatic heterocycles. The third-order valence-corrected chi connectivity index (χ3v) is 2.12. The second-order valence-electron chi connectivity index (χ2n) is 3.11. The lowest BCUT2D eigenvalue weighted by Gasteiger charge is -1.93. The van der Waals surface area contributed by atoms with Crippen LogP contribution in [0.3, 0.4) is 0 Å². The van der Waals surface area contributed by atoms with Gasteiger partial charge in [-0.3, -0.25) is 9.89 Å². The van der Waals surface area contributed by atoms with E-state index in [2.05, 4.69) is 15.5 Å². The molecule has 0 atom stereocenters. The number of aromatic nitrogens is 2. The summed E-state index contributed by atoms with van der Waals surface area (Å²) < 4.78 is 0. The largest absolute Gasteiger partial charge is 0.354 e. The minimum Gasteiger partial charge on any atom is -0.354 e. The highest BCUT2D eigenvalue weighted by atomic mass is 16.1. The fraction of sp³-hybridized carbons (Fsp3) is 0.231. The normalized spacial score (nSPS) is 9.12. The molecule has 0 radical (unpaired) electrons. The van der Waals surface area contributed by atoms with Gasteiger partial charge in [0, 0.05) is 12.6 Å². The van der Waals surface area contributed by atoms with Crippen molar-refractivity contribution in [3.05, 3.63) is 42.1 Å². The highest BCUT2D eigenvalue weighted by Crippen LogP contribution is 2.16. The molecule has 4 heteroatoms. The summed E-state index contributed by atoms with van der Waals surface area (Å²) in [5, 5.41) is 9.30. The Morgan fingerprint density at radius 1 is 1.24 bits per heavy atom. The Hall–Kier alpha value is -2.10. The zero-order valence-corrected chi connectivity index (χ0v) is 10.3. The van der Waals surface area contributed by atoms with E-state index in [4.69, 9.17) is 0 Å². The van der Waals surface area contributed by atoms with E-state index in [1.54, 1.807) is 13.1 Å². The Balaban J connectivity index is 0.000000686. The Labute approximate surface area is 101 Å². The van der Waals surface area contributed by atoms with Crippen molar-refractivity contribution in [1.82, 2.24) is 15.5 Å². The quantitative estimate of drug-likeness (QED) is 0.834. The maximum absolute atomic E-state index is 11.3. The van der Waals surface area contributed by atoms with Gasteiger partial charge in [0.15, 0.2) is 0 Å². The van der Waals surface area contributed by atoms with Crippen molar-refractivity contribution in [2.45, 2.75) is 13.8 Å². The molecule has 0 aliphatic heterocycles. The molecule has 0 bridgehead atoms. The van der Waals surface area contributed by atoms with Gasteiger partial charge in [-0.15, -0.1) is 0 Å². The number of carbonyl (C=O) groups excluding carboxylic acids is 1. The first-order valence-electron chi connectivity index (χ1n) is 5.64. The number of hydrogen-bond acceptors (Lipinski definition) is 2. The van der Waals surface area contributed by atoms with Crippen molar-refractivity contribution in [3.63, 3.8) is 0 Å². The van der Waals surface area contributed by atoms with Gasteiger partial charge in [-0.05, 0) is 6.07 Å². The van der Waals surface area contributed by atoms with Crippen LogP contribution in [0.25, 0.3) is 11.3 Å². The van der Waals surface area contributed by atoms with E-state index in [9.17, 15) is 4.79 Å². The summed E-state index contributed by atoms with van der Waals surface area (Å²) in [6, 6.07) is 11.4. The lowest BCUT2D eigenvalue weighted by Crippen LogP contribution is -2.17. The van der Waals surface area contributed by atoms with E-state index in [0.29, 0.717) is 5.69 Å². The monoisotopic (exact) mass is 231 g/mol. The van der Waals surface area contributed by atoms with Gasteiger partial charge in [0.25, 0.3) is 5.91 Å². The van der Waals surface area contributed by atoms with E-state index < -0.39 is 0 Å². The minimum absolute atomic E-state index is 0.162. The smallest absolute Gasteiger partial charge is 0.269 e. The average Bonchev–Trinajstić information content (AvgIpc) is 2.91. The third kappa shape index (κ3) is 3.17. The van der Waals surface area contributed by atoms with Crippen LogP contribution in [-0.4, -0.2) is 23.2 Å². The van der Waals surface area contributed by atoms with Crippen molar-refractivity contribution in [1.29, 1.82) is 0 Å². The van der Waals surface area contributed by atoms with Crippen LogP contribution in [0.4, 0.5) is 0 Å². The number of nitrogens with one attached hydrogen (secondary N) is 2. The van der Waals surface area contributed by atoms with Gasteiger partial charge < -0.3 is 5.32 Å². The van der Waals surface area contributed by atoms with Crippen molar-refractivity contribution < 1.29 is 4.79 Å². The highest BCUT2D eigenvalue weighted by Gasteiger charge is 2.08. The first-order valence-corrected chi connectivity index (χ1v) is 5.64. The second-order valence-corrected chi connectivity index (χ2v) is 3.11. The van der Waals surface area contributed by atoms with Gasteiger partial charge in [-0.25, -0.2) is 0 Å². The number of carbonyl (C=O) groups is 1. The molecule has 1 heterocycles. The Morgan fingerprint density at radius 2 is 1.88 bits per heavy atom. The lowest BCUT2D eigenvalue weighted by molar-refractivity contribution is 0.0958. The summed E-state index contributed by atoms with van der Waals surface area (Å²) in [5.74, 6) is -0.162. The maximum atomic E-state index is 11.3. The molecule has 1 aromatic carbocycles. The van der Waals surface area contributed by atoms with Crippen LogP contribution in [0, 0.1) is 0 Å². The molecule has 2 aromatic rings. The second kappa shape index (κ2) is 6.48. The van der Waals surface area contributed by atoms with E-state index in [1.807, 2.05) is 44.2 Å². The Morgan fingerprint density at radius 3 is 2.47 bits per heavy atom. The molecule has 0 spiro atoms. The first-order chi connectivity index (χ1) is 8.31. The number of hydrogen-bond donors (Lipinski definition) is 2. The Bertz CT molecular complexity index is 463. The summed E-state index contributed by atoms with van der Waals surface area (Å²) in [6.45, 7) is 4.00. The first kappa shape index (κ1) is 13.0. The molecule has 90 valence electrons. The standard InChI is InChI=1S/C11H11N3O.C2H6/c1-12-11(15)10-7-9(13-14-10)8-5-3-2-4-6-8;1-2/h2-7H,1H3,(H,12,15)(H,13,14);1-2H3. The number of H-pyrrole nitrogens is 1. The predicted octanol–water partition coefficient (Wildman–Crippen LogP) is 2.46. The molecule has 2 rings (SSSR count). The molecular formula is C13H17N3O. The molecule has 4 nitrogen and oxygen atoms in total. The van der Waals surface area contributed by atoms with Crippen LogP contribution >= 0.6 is 0 Å². The van der Waals surface area contributed by atoms with E-state index in [-0.39, 0.29) is 5.91 Å². The van der Waals surface area contributed by atoms with Gasteiger partial charge in [0.1, 0.15) is 5.69 Å². The molecule has 17 heavy (non-hydrogen) atoms. The fourth-order valence-electron chi connectivity index (χ4n) is 1.33. The van der Waals surface area contributed by atoms with Crippen molar-refractivity contribution >= 4 is 5.91 Å². The number of rotatable bonds is 2. The molecule has 2 N–H and O–H groups in total. The molecular weight excluding hydrogens is 214 g/mol. The van der Waals surface area contributed by atoms with Crippen LogP contribution in [0.1, 0.15) is 24.3 Å². The molecule has 0 saturated carbocycles. The SMILES string of the molecule is CC.CNC(=O)c1cc(-c2ccccc2)n[nH]1. The van der Waals surface area contributed by atoms with Crippen LogP contribution in [-0.2, 0) is 0 Å². The number of amides is 1. The summed E-state index contributed by atoms with van der Waals surface area (Å²) in [4.78, 5) is 11.3. The van der Waals surface area contributed by atoms with Crippen molar-refractivity contribution in [2.75, 3.05) is 7.05 Å². The van der Waals surface area contributed by atoms with Crippen LogP contribution in [0.15, 0.2) is 36.4 Å². The summed E-state index contributed by atoms with van der Waals surface area (Å²) >= 11 is 0. The number of aromatic amines is 1. The van der Waals surface area contributed by atoms with Gasteiger partial charge in [0.2, 0.25) is 0 Å². The van der Waals surface area contributed by atoms with Gasteiger partial charge in [0.05, 0.1) is 5.69 Å². The van der Waals surface area contributed by atoms with Gasteiger partial charge >= 0.3 is 0 Å². The van der Waals surface area contributed by atoms with E-state index in [0.717, 1.165) is 11.3 Å². The number of benzene rings is 1.